The number of nitrogens with zero attached hydrogens (tertiary/aromatic N) is 2. The van der Waals surface area contributed by atoms with Gasteiger partial charge in [-0.25, -0.2) is 0 Å². The standard InChI is InChI=1S/C15H17ClN4O2/c1-9-6-20(8-21)7-12(19-9)13(15(18)22)14(17)10-3-2-4-11(16)5-10/h2-5,8-9H,6-7,17H2,1H3,(H2,18,22). The van der Waals surface area contributed by atoms with Gasteiger partial charge in [0.05, 0.1) is 29.6 Å². The number of aliphatic imine (C=N–C) groups is 1. The molecule has 0 bridgehead atoms. The van der Waals surface area contributed by atoms with Crippen molar-refractivity contribution in [3.63, 3.8) is 0 Å². The molecular formula is C15H17ClN4O2. The quantitative estimate of drug-likeness (QED) is 0.633. The highest BCUT2D eigenvalue weighted by Crippen LogP contribution is 2.20. The second kappa shape index (κ2) is 6.62. The summed E-state index contributed by atoms with van der Waals surface area (Å²) >= 11 is 5.95. The molecule has 22 heavy (non-hydrogen) atoms. The Kier molecular flexibility index (Phi) is 4.82. The van der Waals surface area contributed by atoms with Crippen LogP contribution in [0.2, 0.25) is 5.02 Å². The van der Waals surface area contributed by atoms with Crippen LogP contribution in [0.5, 0.6) is 0 Å². The van der Waals surface area contributed by atoms with E-state index in [1.165, 1.54) is 4.90 Å². The first kappa shape index (κ1) is 16.0. The zero-order chi connectivity index (χ0) is 16.3. The SMILES string of the molecule is CC1CN(C=O)CC(C(C(N)=O)=C(N)c2cccc(Cl)c2)=N1. The third-order valence-corrected chi connectivity index (χ3v) is 3.55. The van der Waals surface area contributed by atoms with Gasteiger partial charge in [0.1, 0.15) is 0 Å². The molecule has 1 aromatic rings. The summed E-state index contributed by atoms with van der Waals surface area (Å²) in [6.45, 7) is 2.55. The highest BCUT2D eigenvalue weighted by Gasteiger charge is 2.25. The fourth-order valence-corrected chi connectivity index (χ4v) is 2.59. The van der Waals surface area contributed by atoms with Crippen LogP contribution < -0.4 is 11.5 Å². The lowest BCUT2D eigenvalue weighted by Crippen LogP contribution is -2.42. The second-order valence-corrected chi connectivity index (χ2v) is 5.56. The van der Waals surface area contributed by atoms with Crippen molar-refractivity contribution in [2.75, 3.05) is 13.1 Å². The van der Waals surface area contributed by atoms with Crippen LogP contribution in [0, 0.1) is 0 Å². The van der Waals surface area contributed by atoms with E-state index in [1.807, 2.05) is 6.92 Å². The van der Waals surface area contributed by atoms with E-state index in [-0.39, 0.29) is 23.9 Å². The van der Waals surface area contributed by atoms with Crippen molar-refractivity contribution in [2.24, 2.45) is 16.5 Å². The Morgan fingerprint density at radius 2 is 2.18 bits per heavy atom. The van der Waals surface area contributed by atoms with Crippen LogP contribution >= 0.6 is 11.6 Å². The first-order valence-corrected chi connectivity index (χ1v) is 7.12. The zero-order valence-electron chi connectivity index (χ0n) is 12.1. The molecule has 1 unspecified atom stereocenters. The van der Waals surface area contributed by atoms with Crippen molar-refractivity contribution < 1.29 is 9.59 Å². The van der Waals surface area contributed by atoms with Gasteiger partial charge in [-0.1, -0.05) is 23.7 Å². The topological polar surface area (TPSA) is 102 Å². The van der Waals surface area contributed by atoms with E-state index in [0.717, 1.165) is 6.41 Å². The minimum Gasteiger partial charge on any atom is -0.398 e. The van der Waals surface area contributed by atoms with E-state index in [0.29, 0.717) is 22.8 Å². The molecule has 0 saturated carbocycles. The van der Waals surface area contributed by atoms with Crippen molar-refractivity contribution in [3.05, 3.63) is 40.4 Å². The molecule has 1 aliphatic rings. The van der Waals surface area contributed by atoms with Crippen molar-refractivity contribution in [3.8, 4) is 0 Å². The van der Waals surface area contributed by atoms with Crippen molar-refractivity contribution in [1.82, 2.24) is 4.90 Å². The van der Waals surface area contributed by atoms with Crippen molar-refractivity contribution >= 4 is 35.3 Å². The summed E-state index contributed by atoms with van der Waals surface area (Å²) in [7, 11) is 0. The Labute approximate surface area is 133 Å². The van der Waals surface area contributed by atoms with E-state index in [1.54, 1.807) is 24.3 Å². The number of benzene rings is 1. The number of carbonyl (C=O) groups excluding carboxylic acids is 2. The number of amides is 2. The average molecular weight is 321 g/mol. The molecule has 2 amide bonds. The van der Waals surface area contributed by atoms with Crippen LogP contribution in [0.3, 0.4) is 0 Å². The number of hydrogen-bond donors (Lipinski definition) is 2. The first-order chi connectivity index (χ1) is 10.4. The summed E-state index contributed by atoms with van der Waals surface area (Å²) in [5, 5.41) is 0.498. The molecule has 0 spiro atoms. The third-order valence-electron chi connectivity index (χ3n) is 3.32. The molecule has 0 aliphatic carbocycles. The summed E-state index contributed by atoms with van der Waals surface area (Å²) in [5.74, 6) is -0.684. The predicted octanol–water partition coefficient (Wildman–Crippen LogP) is 0.797. The fraction of sp³-hybridized carbons (Fsp3) is 0.267. The number of primary amides is 1. The summed E-state index contributed by atoms with van der Waals surface area (Å²) < 4.78 is 0. The molecule has 116 valence electrons. The molecular weight excluding hydrogens is 304 g/mol. The Morgan fingerprint density at radius 3 is 2.77 bits per heavy atom. The van der Waals surface area contributed by atoms with Gasteiger partial charge >= 0.3 is 0 Å². The molecule has 1 heterocycles. The van der Waals surface area contributed by atoms with E-state index >= 15 is 0 Å². The monoisotopic (exact) mass is 320 g/mol. The van der Waals surface area contributed by atoms with Gasteiger partial charge in [-0.2, -0.15) is 0 Å². The van der Waals surface area contributed by atoms with Gasteiger partial charge in [0.2, 0.25) is 6.41 Å². The highest BCUT2D eigenvalue weighted by atomic mass is 35.5. The van der Waals surface area contributed by atoms with Crippen LogP contribution in [-0.4, -0.2) is 42.1 Å². The number of nitrogens with two attached hydrogens (primary N) is 2. The zero-order valence-corrected chi connectivity index (χ0v) is 12.9. The average Bonchev–Trinajstić information content (AvgIpc) is 2.46. The summed E-state index contributed by atoms with van der Waals surface area (Å²) in [6.07, 6.45) is 0.722. The molecule has 0 aromatic heterocycles. The Bertz CT molecular complexity index is 669. The van der Waals surface area contributed by atoms with Crippen LogP contribution in [0.25, 0.3) is 5.70 Å². The van der Waals surface area contributed by atoms with Gasteiger partial charge < -0.3 is 16.4 Å². The molecule has 0 fully saturated rings. The summed E-state index contributed by atoms with van der Waals surface area (Å²) in [5.41, 5.74) is 12.9. The molecule has 4 N–H and O–H groups in total. The fourth-order valence-electron chi connectivity index (χ4n) is 2.40. The van der Waals surface area contributed by atoms with Crippen LogP contribution in [0.1, 0.15) is 12.5 Å². The molecule has 0 radical (unpaired) electrons. The summed E-state index contributed by atoms with van der Waals surface area (Å²) in [4.78, 5) is 28.8. The van der Waals surface area contributed by atoms with Crippen LogP contribution in [0.15, 0.2) is 34.8 Å². The van der Waals surface area contributed by atoms with E-state index < -0.39 is 5.91 Å². The molecule has 1 aromatic carbocycles. The molecule has 6 nitrogen and oxygen atoms in total. The molecule has 0 saturated heterocycles. The predicted molar refractivity (Wildman–Crippen MR) is 86.3 cm³/mol. The van der Waals surface area contributed by atoms with Gasteiger partial charge in [0.25, 0.3) is 5.91 Å². The smallest absolute Gasteiger partial charge is 0.252 e. The number of rotatable bonds is 4. The van der Waals surface area contributed by atoms with Crippen molar-refractivity contribution in [2.45, 2.75) is 13.0 Å². The van der Waals surface area contributed by atoms with Gasteiger partial charge in [-0.05, 0) is 24.6 Å². The largest absolute Gasteiger partial charge is 0.398 e. The maximum absolute atomic E-state index is 11.9. The maximum Gasteiger partial charge on any atom is 0.252 e. The minimum absolute atomic E-state index is 0.126. The highest BCUT2D eigenvalue weighted by molar-refractivity contribution is 6.31. The Morgan fingerprint density at radius 1 is 1.45 bits per heavy atom. The maximum atomic E-state index is 11.9. The van der Waals surface area contributed by atoms with Crippen molar-refractivity contribution in [1.29, 1.82) is 0 Å². The molecule has 1 atom stereocenters. The lowest BCUT2D eigenvalue weighted by Gasteiger charge is -2.27. The number of hydrogen-bond acceptors (Lipinski definition) is 4. The number of carbonyl (C=O) groups is 2. The Balaban J connectivity index is 2.52. The first-order valence-electron chi connectivity index (χ1n) is 6.74. The normalized spacial score (nSPS) is 19.3. The van der Waals surface area contributed by atoms with Crippen LogP contribution in [-0.2, 0) is 9.59 Å². The van der Waals surface area contributed by atoms with Gasteiger partial charge in [-0.15, -0.1) is 0 Å². The Hall–Kier alpha value is -2.34. The minimum atomic E-state index is -0.684. The van der Waals surface area contributed by atoms with E-state index in [2.05, 4.69) is 4.99 Å². The molecule has 7 heteroatoms. The van der Waals surface area contributed by atoms with Gasteiger partial charge in [0.15, 0.2) is 0 Å². The lowest BCUT2D eigenvalue weighted by atomic mass is 10.00. The number of halogens is 1. The second-order valence-electron chi connectivity index (χ2n) is 5.12. The van der Waals surface area contributed by atoms with E-state index in [4.69, 9.17) is 23.1 Å². The lowest BCUT2D eigenvalue weighted by molar-refractivity contribution is -0.118. The molecule has 1 aliphatic heterocycles. The summed E-state index contributed by atoms with van der Waals surface area (Å²) in [6, 6.07) is 6.68. The van der Waals surface area contributed by atoms with E-state index in [9.17, 15) is 9.59 Å². The van der Waals surface area contributed by atoms with Gasteiger partial charge in [0, 0.05) is 11.6 Å². The molecule has 2 rings (SSSR count). The third kappa shape index (κ3) is 3.46. The van der Waals surface area contributed by atoms with Crippen LogP contribution in [0.4, 0.5) is 0 Å². The van der Waals surface area contributed by atoms with Gasteiger partial charge in [-0.3, -0.25) is 14.6 Å².